The highest BCUT2D eigenvalue weighted by atomic mass is 35.5. The van der Waals surface area contributed by atoms with E-state index in [1.807, 2.05) is 0 Å². The van der Waals surface area contributed by atoms with Gasteiger partial charge >= 0.3 is 0 Å². The number of fused-ring (bicyclic) bond motifs is 1. The van der Waals surface area contributed by atoms with Crippen molar-refractivity contribution in [2.75, 3.05) is 26.0 Å². The number of nitrogens with zero attached hydrogens (tertiary/aromatic N) is 2. The maximum atomic E-state index is 13.8. The molecule has 0 spiro atoms. The number of aliphatic hydroxyl groups excluding tert-OH is 1. The van der Waals surface area contributed by atoms with E-state index in [0.717, 1.165) is 0 Å². The number of nitrogens with two attached hydrogens (primary N) is 1. The summed E-state index contributed by atoms with van der Waals surface area (Å²) in [5, 5.41) is 16.7. The first-order valence-corrected chi connectivity index (χ1v) is 11.0. The number of H-pyrrole nitrogens is 1. The summed E-state index contributed by atoms with van der Waals surface area (Å²) in [5.41, 5.74) is 7.58. The molecule has 2 aromatic carbocycles. The molecule has 1 unspecified atom stereocenters. The molecule has 3 aromatic rings. The maximum absolute atomic E-state index is 13.8. The van der Waals surface area contributed by atoms with Crippen LogP contribution < -0.4 is 10.5 Å². The Hall–Kier alpha value is -2.47. The lowest BCUT2D eigenvalue weighted by molar-refractivity contribution is 0.0161. The number of aromatic nitrogens is 2. The Kier molecular flexibility index (Phi) is 5.32. The van der Waals surface area contributed by atoms with Gasteiger partial charge in [0.15, 0.2) is 5.82 Å². The lowest BCUT2D eigenvalue weighted by atomic mass is 10.0. The number of methoxy groups -OCH3 is 1. The van der Waals surface area contributed by atoms with Gasteiger partial charge in [0.1, 0.15) is 5.75 Å². The van der Waals surface area contributed by atoms with E-state index < -0.39 is 41.6 Å². The molecule has 4 rings (SSSR count). The number of ether oxygens (including phenoxy) is 1. The van der Waals surface area contributed by atoms with E-state index in [0.29, 0.717) is 32.1 Å². The molecule has 12 heteroatoms. The fraction of sp³-hybridized carbons (Fsp3) is 0.316. The van der Waals surface area contributed by atoms with Crippen molar-refractivity contribution < 1.29 is 27.0 Å². The SMILES string of the molecule is COc1c(-c2ccc(S(=O)(=O)N3CC(F)(F)CC3CO)cc2Cl)ccc2[nH]nc(N)c12. The largest absolute Gasteiger partial charge is 0.495 e. The second kappa shape index (κ2) is 7.59. The quantitative estimate of drug-likeness (QED) is 0.525. The fourth-order valence-electron chi connectivity index (χ4n) is 3.85. The highest BCUT2D eigenvalue weighted by Crippen LogP contribution is 2.42. The zero-order chi connectivity index (χ0) is 22.6. The van der Waals surface area contributed by atoms with Gasteiger partial charge in [-0.1, -0.05) is 17.7 Å². The van der Waals surface area contributed by atoms with E-state index in [4.69, 9.17) is 22.1 Å². The summed E-state index contributed by atoms with van der Waals surface area (Å²) >= 11 is 6.41. The number of nitrogens with one attached hydrogen (secondary N) is 1. The van der Waals surface area contributed by atoms with Gasteiger partial charge in [0.05, 0.1) is 42.1 Å². The lowest BCUT2D eigenvalue weighted by Crippen LogP contribution is -2.38. The predicted molar refractivity (Wildman–Crippen MR) is 112 cm³/mol. The number of nitrogen functional groups attached to an aromatic ring is 1. The Bertz CT molecular complexity index is 1270. The molecule has 1 saturated heterocycles. The predicted octanol–water partition coefficient (Wildman–Crippen LogP) is 2.86. The highest BCUT2D eigenvalue weighted by molar-refractivity contribution is 7.89. The number of aliphatic hydroxyl groups is 1. The Balaban J connectivity index is 1.78. The van der Waals surface area contributed by atoms with Crippen molar-refractivity contribution in [3.05, 3.63) is 35.4 Å². The summed E-state index contributed by atoms with van der Waals surface area (Å²) in [7, 11) is -2.84. The lowest BCUT2D eigenvalue weighted by Gasteiger charge is -2.22. The minimum Gasteiger partial charge on any atom is -0.495 e. The van der Waals surface area contributed by atoms with E-state index in [-0.39, 0.29) is 15.7 Å². The van der Waals surface area contributed by atoms with Crippen molar-refractivity contribution in [3.8, 4) is 16.9 Å². The van der Waals surface area contributed by atoms with Gasteiger partial charge in [-0.2, -0.15) is 9.40 Å². The number of anilines is 1. The molecule has 0 saturated carbocycles. The first kappa shape index (κ1) is 21.8. The number of hydrogen-bond donors (Lipinski definition) is 3. The van der Waals surface area contributed by atoms with Crippen LogP contribution in [0.4, 0.5) is 14.6 Å². The molecule has 8 nitrogen and oxygen atoms in total. The zero-order valence-corrected chi connectivity index (χ0v) is 17.8. The summed E-state index contributed by atoms with van der Waals surface area (Å²) in [5.74, 6) is -2.58. The molecule has 2 heterocycles. The molecular weight excluding hydrogens is 454 g/mol. The monoisotopic (exact) mass is 472 g/mol. The minimum absolute atomic E-state index is 0.0762. The van der Waals surface area contributed by atoms with E-state index in [1.165, 1.54) is 25.3 Å². The summed E-state index contributed by atoms with van der Waals surface area (Å²) in [4.78, 5) is -0.250. The van der Waals surface area contributed by atoms with E-state index in [1.54, 1.807) is 12.1 Å². The molecular formula is C19H19ClF2N4O4S. The van der Waals surface area contributed by atoms with Gasteiger partial charge in [0.2, 0.25) is 10.0 Å². The average molecular weight is 473 g/mol. The smallest absolute Gasteiger partial charge is 0.263 e. The van der Waals surface area contributed by atoms with Gasteiger partial charge in [-0.25, -0.2) is 17.2 Å². The van der Waals surface area contributed by atoms with E-state index >= 15 is 0 Å². The van der Waals surface area contributed by atoms with E-state index in [2.05, 4.69) is 10.2 Å². The normalized spacial score (nSPS) is 19.2. The van der Waals surface area contributed by atoms with Gasteiger partial charge in [-0.05, 0) is 24.3 Å². The van der Waals surface area contributed by atoms with Crippen LogP contribution in [-0.4, -0.2) is 60.3 Å². The molecule has 1 atom stereocenters. The molecule has 0 aliphatic carbocycles. The molecule has 0 amide bonds. The molecule has 1 aliphatic heterocycles. The molecule has 1 fully saturated rings. The van der Waals surface area contributed by atoms with Crippen LogP contribution in [0, 0.1) is 0 Å². The van der Waals surface area contributed by atoms with Gasteiger partial charge in [-0.3, -0.25) is 5.10 Å². The van der Waals surface area contributed by atoms with Gasteiger partial charge < -0.3 is 15.6 Å². The van der Waals surface area contributed by atoms with Gasteiger partial charge in [0, 0.05) is 22.6 Å². The Morgan fingerprint density at radius 1 is 1.35 bits per heavy atom. The van der Waals surface area contributed by atoms with Crippen molar-refractivity contribution >= 4 is 38.3 Å². The Morgan fingerprint density at radius 3 is 2.71 bits per heavy atom. The Labute approximate surface area is 181 Å². The van der Waals surface area contributed by atoms with Crippen LogP contribution in [0.15, 0.2) is 35.2 Å². The number of hydrogen-bond acceptors (Lipinski definition) is 6. The number of alkyl halides is 2. The number of rotatable bonds is 5. The van der Waals surface area contributed by atoms with Crippen molar-refractivity contribution in [1.29, 1.82) is 0 Å². The van der Waals surface area contributed by atoms with E-state index in [9.17, 15) is 22.3 Å². The number of aromatic amines is 1. The van der Waals surface area contributed by atoms with Crippen LogP contribution in [0.5, 0.6) is 5.75 Å². The molecule has 0 bridgehead atoms. The molecule has 166 valence electrons. The number of benzene rings is 2. The molecule has 1 aliphatic rings. The van der Waals surface area contributed by atoms with Crippen molar-refractivity contribution in [2.45, 2.75) is 23.3 Å². The van der Waals surface area contributed by atoms with Gasteiger partial charge in [0.25, 0.3) is 5.92 Å². The van der Waals surface area contributed by atoms with Gasteiger partial charge in [-0.15, -0.1) is 0 Å². The van der Waals surface area contributed by atoms with Crippen molar-refractivity contribution in [3.63, 3.8) is 0 Å². The molecule has 0 radical (unpaired) electrons. The first-order valence-electron chi connectivity index (χ1n) is 9.20. The summed E-state index contributed by atoms with van der Waals surface area (Å²) in [6.07, 6.45) is -0.738. The van der Waals surface area contributed by atoms with Crippen LogP contribution >= 0.6 is 11.6 Å². The van der Waals surface area contributed by atoms with Crippen LogP contribution in [0.25, 0.3) is 22.0 Å². The highest BCUT2D eigenvalue weighted by Gasteiger charge is 2.49. The van der Waals surface area contributed by atoms with Crippen molar-refractivity contribution in [1.82, 2.24) is 14.5 Å². The molecule has 4 N–H and O–H groups in total. The van der Waals surface area contributed by atoms with Crippen LogP contribution in [0.1, 0.15) is 6.42 Å². The van der Waals surface area contributed by atoms with Crippen LogP contribution in [-0.2, 0) is 10.0 Å². The number of halogens is 3. The van der Waals surface area contributed by atoms with Crippen LogP contribution in [0.2, 0.25) is 5.02 Å². The second-order valence-corrected chi connectivity index (χ2v) is 9.56. The summed E-state index contributed by atoms with van der Waals surface area (Å²) < 4.78 is 59.6. The summed E-state index contributed by atoms with van der Waals surface area (Å²) in [6.45, 7) is -1.70. The maximum Gasteiger partial charge on any atom is 0.263 e. The topological polar surface area (TPSA) is 122 Å². The Morgan fingerprint density at radius 2 is 2.06 bits per heavy atom. The summed E-state index contributed by atoms with van der Waals surface area (Å²) in [6, 6.07) is 6.19. The third kappa shape index (κ3) is 3.61. The van der Waals surface area contributed by atoms with Crippen LogP contribution in [0.3, 0.4) is 0 Å². The average Bonchev–Trinajstić information content (AvgIpc) is 3.26. The fourth-order valence-corrected chi connectivity index (χ4v) is 5.86. The minimum atomic E-state index is -4.30. The first-order chi connectivity index (χ1) is 14.6. The third-order valence-corrected chi connectivity index (χ3v) is 7.50. The number of sulfonamides is 1. The standard InChI is InChI=1S/C19H19ClF2N4O4S/c1-30-17-13(4-5-15-16(17)18(23)25-24-15)12-3-2-11(6-14(12)20)31(28,29)26-9-19(21,22)7-10(26)8-27/h2-6,10,27H,7-9H2,1H3,(H3,23,24,25). The van der Waals surface area contributed by atoms with Crippen molar-refractivity contribution in [2.24, 2.45) is 0 Å². The molecule has 1 aromatic heterocycles. The molecule has 31 heavy (non-hydrogen) atoms. The third-order valence-electron chi connectivity index (χ3n) is 5.29. The second-order valence-electron chi connectivity index (χ2n) is 7.27. The zero-order valence-electron chi connectivity index (χ0n) is 16.3.